The fourth-order valence-electron chi connectivity index (χ4n) is 3.18. The van der Waals surface area contributed by atoms with E-state index in [0.717, 1.165) is 10.8 Å². The summed E-state index contributed by atoms with van der Waals surface area (Å²) in [5.41, 5.74) is 1.75. The van der Waals surface area contributed by atoms with Crippen LogP contribution >= 0.6 is 0 Å². The minimum absolute atomic E-state index is 0.116. The van der Waals surface area contributed by atoms with Crippen molar-refractivity contribution in [2.24, 2.45) is 0 Å². The van der Waals surface area contributed by atoms with Gasteiger partial charge in [0.15, 0.2) is 0 Å². The maximum atomic E-state index is 13.2. The molecule has 5 nitrogen and oxygen atoms in total. The summed E-state index contributed by atoms with van der Waals surface area (Å²) in [5.74, 6) is -0.266. The van der Waals surface area contributed by atoms with E-state index in [4.69, 9.17) is 0 Å². The van der Waals surface area contributed by atoms with Gasteiger partial charge in [-0.15, -0.1) is 0 Å². The standard InChI is InChI=1S/C20H17N3O2/c1-13-12-23(18-5-3-2-4-17(18)19(24)22-13)20(25)15-6-7-16-11-21-9-8-14(16)10-15/h2-11,13H,12H2,1H3,(H,22,24). The van der Waals surface area contributed by atoms with Crippen LogP contribution in [0.2, 0.25) is 0 Å². The first-order chi connectivity index (χ1) is 12.1. The maximum absolute atomic E-state index is 13.2. The fraction of sp³-hybridized carbons (Fsp3) is 0.150. The van der Waals surface area contributed by atoms with Crippen LogP contribution in [0, 0.1) is 0 Å². The Kier molecular flexibility index (Phi) is 3.69. The Morgan fingerprint density at radius 3 is 2.88 bits per heavy atom. The highest BCUT2D eigenvalue weighted by Gasteiger charge is 2.28. The lowest BCUT2D eigenvalue weighted by atomic mass is 10.1. The minimum atomic E-state index is -0.150. The summed E-state index contributed by atoms with van der Waals surface area (Å²) in [5, 5.41) is 4.87. The van der Waals surface area contributed by atoms with Gasteiger partial charge in [0.05, 0.1) is 11.3 Å². The number of benzene rings is 2. The molecule has 0 saturated carbocycles. The molecule has 4 rings (SSSR count). The molecule has 5 heteroatoms. The summed E-state index contributed by atoms with van der Waals surface area (Å²) >= 11 is 0. The zero-order valence-corrected chi connectivity index (χ0v) is 13.8. The number of amides is 2. The van der Waals surface area contributed by atoms with Crippen LogP contribution in [0.3, 0.4) is 0 Å². The molecule has 0 aliphatic carbocycles. The van der Waals surface area contributed by atoms with Crippen LogP contribution in [0.4, 0.5) is 5.69 Å². The summed E-state index contributed by atoms with van der Waals surface area (Å²) < 4.78 is 0. The van der Waals surface area contributed by atoms with Crippen molar-refractivity contribution in [3.63, 3.8) is 0 Å². The number of para-hydroxylation sites is 1. The first-order valence-electron chi connectivity index (χ1n) is 8.19. The number of aromatic nitrogens is 1. The zero-order valence-electron chi connectivity index (χ0n) is 13.8. The molecule has 0 radical (unpaired) electrons. The van der Waals surface area contributed by atoms with Gasteiger partial charge >= 0.3 is 0 Å². The van der Waals surface area contributed by atoms with E-state index in [1.807, 2.05) is 37.3 Å². The second kappa shape index (κ2) is 6.02. The van der Waals surface area contributed by atoms with Crippen molar-refractivity contribution in [1.82, 2.24) is 10.3 Å². The molecule has 0 spiro atoms. The Balaban J connectivity index is 1.79. The average Bonchev–Trinajstić information content (AvgIpc) is 2.77. The summed E-state index contributed by atoms with van der Waals surface area (Å²) in [7, 11) is 0. The molecule has 1 N–H and O–H groups in total. The molecule has 1 unspecified atom stereocenters. The largest absolute Gasteiger partial charge is 0.348 e. The molecule has 2 aromatic carbocycles. The molecule has 0 fully saturated rings. The number of nitrogens with one attached hydrogen (secondary N) is 1. The van der Waals surface area contributed by atoms with Crippen LogP contribution in [0.15, 0.2) is 60.9 Å². The van der Waals surface area contributed by atoms with E-state index in [1.165, 1.54) is 0 Å². The van der Waals surface area contributed by atoms with Crippen LogP contribution < -0.4 is 10.2 Å². The molecule has 0 saturated heterocycles. The second-order valence-corrected chi connectivity index (χ2v) is 6.25. The Labute approximate surface area is 145 Å². The lowest BCUT2D eigenvalue weighted by molar-refractivity contribution is 0.0939. The van der Waals surface area contributed by atoms with Gasteiger partial charge < -0.3 is 10.2 Å². The maximum Gasteiger partial charge on any atom is 0.258 e. The van der Waals surface area contributed by atoms with Gasteiger partial charge in [-0.2, -0.15) is 0 Å². The third kappa shape index (κ3) is 2.74. The number of pyridine rings is 1. The number of nitrogens with zero attached hydrogens (tertiary/aromatic N) is 2. The minimum Gasteiger partial charge on any atom is -0.348 e. The van der Waals surface area contributed by atoms with Gasteiger partial charge in [-0.1, -0.05) is 18.2 Å². The van der Waals surface area contributed by atoms with Crippen molar-refractivity contribution < 1.29 is 9.59 Å². The highest BCUT2D eigenvalue weighted by atomic mass is 16.2. The van der Waals surface area contributed by atoms with E-state index >= 15 is 0 Å². The highest BCUT2D eigenvalue weighted by molar-refractivity contribution is 6.12. The summed E-state index contributed by atoms with van der Waals surface area (Å²) in [4.78, 5) is 31.3. The summed E-state index contributed by atoms with van der Waals surface area (Å²) in [6.45, 7) is 2.33. The predicted molar refractivity (Wildman–Crippen MR) is 96.8 cm³/mol. The van der Waals surface area contributed by atoms with Gasteiger partial charge in [0.1, 0.15) is 0 Å². The molecular weight excluding hydrogens is 314 g/mol. The fourth-order valence-corrected chi connectivity index (χ4v) is 3.18. The van der Waals surface area contributed by atoms with Crippen LogP contribution in [-0.4, -0.2) is 29.4 Å². The molecular formula is C20H17N3O2. The predicted octanol–water partition coefficient (Wildman–Crippen LogP) is 3.01. The molecule has 1 aliphatic rings. The Bertz CT molecular complexity index is 983. The lowest BCUT2D eigenvalue weighted by Gasteiger charge is -2.24. The van der Waals surface area contributed by atoms with Crippen molar-refractivity contribution in [3.05, 3.63) is 72.1 Å². The molecule has 25 heavy (non-hydrogen) atoms. The number of hydrogen-bond acceptors (Lipinski definition) is 3. The third-order valence-corrected chi connectivity index (χ3v) is 4.41. The van der Waals surface area contributed by atoms with E-state index in [-0.39, 0.29) is 17.9 Å². The number of anilines is 1. The van der Waals surface area contributed by atoms with Gasteiger partial charge in [-0.05, 0) is 42.6 Å². The number of rotatable bonds is 1. The van der Waals surface area contributed by atoms with Gasteiger partial charge in [0.2, 0.25) is 0 Å². The topological polar surface area (TPSA) is 62.3 Å². The lowest BCUT2D eigenvalue weighted by Crippen LogP contribution is -2.41. The van der Waals surface area contributed by atoms with Crippen LogP contribution in [0.25, 0.3) is 10.8 Å². The first-order valence-corrected chi connectivity index (χ1v) is 8.19. The van der Waals surface area contributed by atoms with Crippen LogP contribution in [0.1, 0.15) is 27.6 Å². The molecule has 0 bridgehead atoms. The number of fused-ring (bicyclic) bond motifs is 2. The molecule has 2 heterocycles. The molecule has 1 aliphatic heterocycles. The van der Waals surface area contributed by atoms with Crippen molar-refractivity contribution in [3.8, 4) is 0 Å². The van der Waals surface area contributed by atoms with E-state index in [9.17, 15) is 9.59 Å². The van der Waals surface area contributed by atoms with Crippen LogP contribution in [0.5, 0.6) is 0 Å². The highest BCUT2D eigenvalue weighted by Crippen LogP contribution is 2.26. The molecule has 124 valence electrons. The van der Waals surface area contributed by atoms with Crippen molar-refractivity contribution in [2.45, 2.75) is 13.0 Å². The normalized spacial score (nSPS) is 16.9. The van der Waals surface area contributed by atoms with Crippen molar-refractivity contribution in [2.75, 3.05) is 11.4 Å². The Hall–Kier alpha value is -3.21. The van der Waals surface area contributed by atoms with E-state index in [2.05, 4.69) is 10.3 Å². The van der Waals surface area contributed by atoms with E-state index in [0.29, 0.717) is 23.4 Å². The monoisotopic (exact) mass is 331 g/mol. The van der Waals surface area contributed by atoms with Crippen molar-refractivity contribution in [1.29, 1.82) is 0 Å². The average molecular weight is 331 g/mol. The van der Waals surface area contributed by atoms with Gasteiger partial charge in [0.25, 0.3) is 11.8 Å². The van der Waals surface area contributed by atoms with E-state index < -0.39 is 0 Å². The van der Waals surface area contributed by atoms with E-state index in [1.54, 1.807) is 35.5 Å². The quantitative estimate of drug-likeness (QED) is 0.745. The Morgan fingerprint density at radius 1 is 1.16 bits per heavy atom. The second-order valence-electron chi connectivity index (χ2n) is 6.25. The van der Waals surface area contributed by atoms with Crippen LogP contribution in [-0.2, 0) is 0 Å². The smallest absolute Gasteiger partial charge is 0.258 e. The Morgan fingerprint density at radius 2 is 2.00 bits per heavy atom. The SMILES string of the molecule is CC1CN(C(=O)c2ccc3cnccc3c2)c2ccccc2C(=O)N1. The van der Waals surface area contributed by atoms with Gasteiger partial charge in [0, 0.05) is 35.9 Å². The summed E-state index contributed by atoms with van der Waals surface area (Å²) in [6.07, 6.45) is 3.48. The van der Waals surface area contributed by atoms with Crippen molar-refractivity contribution >= 4 is 28.3 Å². The molecule has 1 aromatic heterocycles. The third-order valence-electron chi connectivity index (χ3n) is 4.41. The molecule has 2 amide bonds. The molecule has 3 aromatic rings. The summed E-state index contributed by atoms with van der Waals surface area (Å²) in [6, 6.07) is 14.5. The molecule has 1 atom stereocenters. The van der Waals surface area contributed by atoms with Gasteiger partial charge in [-0.3, -0.25) is 14.6 Å². The zero-order chi connectivity index (χ0) is 17.4. The number of hydrogen-bond donors (Lipinski definition) is 1. The number of carbonyl (C=O) groups excluding carboxylic acids is 2. The number of carbonyl (C=O) groups is 2. The van der Waals surface area contributed by atoms with Gasteiger partial charge in [-0.25, -0.2) is 0 Å². The first kappa shape index (κ1) is 15.3.